The van der Waals surface area contributed by atoms with Gasteiger partial charge in [0.1, 0.15) is 0 Å². The summed E-state index contributed by atoms with van der Waals surface area (Å²) >= 11 is 4.11. The molecule has 0 saturated carbocycles. The molecule has 0 aliphatic heterocycles. The van der Waals surface area contributed by atoms with Crippen LogP contribution < -0.4 is 0 Å². The standard InChI is InChI=1S/C12H15NO3S2/c1-8(7-11(13)16-12(14)15-2)9-3-5-10(18-17)6-4-9/h3-6,8,13,17H,7H2,1-2H3. The molecule has 1 aromatic rings. The molecule has 1 atom stereocenters. The SMILES string of the molecule is COC(=O)OC(=N)CC(C)c1ccc(SS)cc1. The lowest BCUT2D eigenvalue weighted by molar-refractivity contribution is 0.116. The van der Waals surface area contributed by atoms with Crippen LogP contribution in [0.5, 0.6) is 0 Å². The second-order valence-electron chi connectivity index (χ2n) is 3.74. The van der Waals surface area contributed by atoms with E-state index >= 15 is 0 Å². The number of hydrogen-bond donors (Lipinski definition) is 2. The van der Waals surface area contributed by atoms with Crippen LogP contribution in [0, 0.1) is 5.41 Å². The molecule has 0 aliphatic carbocycles. The van der Waals surface area contributed by atoms with Gasteiger partial charge in [-0.3, -0.25) is 5.41 Å². The minimum absolute atomic E-state index is 0.0954. The first-order chi connectivity index (χ1) is 8.56. The third-order valence-electron chi connectivity index (χ3n) is 2.42. The van der Waals surface area contributed by atoms with Crippen molar-refractivity contribution in [2.75, 3.05) is 7.11 Å². The Hall–Kier alpha value is -1.14. The van der Waals surface area contributed by atoms with Gasteiger partial charge in [-0.25, -0.2) is 4.79 Å². The first kappa shape index (κ1) is 14.9. The van der Waals surface area contributed by atoms with Crippen LogP contribution >= 0.6 is 22.5 Å². The average Bonchev–Trinajstić information content (AvgIpc) is 2.38. The van der Waals surface area contributed by atoms with E-state index in [1.807, 2.05) is 31.2 Å². The molecule has 0 heterocycles. The predicted octanol–water partition coefficient (Wildman–Crippen LogP) is 3.88. The number of ether oxygens (including phenoxy) is 2. The fourth-order valence-electron chi connectivity index (χ4n) is 1.44. The zero-order valence-electron chi connectivity index (χ0n) is 10.2. The minimum Gasteiger partial charge on any atom is -0.437 e. The van der Waals surface area contributed by atoms with Gasteiger partial charge in [-0.05, 0) is 23.6 Å². The van der Waals surface area contributed by atoms with E-state index in [2.05, 4.69) is 21.1 Å². The van der Waals surface area contributed by atoms with Gasteiger partial charge in [0, 0.05) is 11.3 Å². The van der Waals surface area contributed by atoms with Crippen LogP contribution in [0.3, 0.4) is 0 Å². The molecular weight excluding hydrogens is 270 g/mol. The van der Waals surface area contributed by atoms with Gasteiger partial charge in [-0.15, -0.1) is 11.7 Å². The average molecular weight is 285 g/mol. The quantitative estimate of drug-likeness (QED) is 0.290. The van der Waals surface area contributed by atoms with E-state index in [1.54, 1.807) is 0 Å². The molecule has 0 spiro atoms. The fourth-order valence-corrected chi connectivity index (χ4v) is 2.06. The molecule has 0 amide bonds. The first-order valence-electron chi connectivity index (χ1n) is 5.31. The molecule has 6 heteroatoms. The molecule has 0 aromatic heterocycles. The van der Waals surface area contributed by atoms with E-state index in [1.165, 1.54) is 17.9 Å². The number of nitrogens with one attached hydrogen (secondary N) is 1. The van der Waals surface area contributed by atoms with Gasteiger partial charge in [-0.1, -0.05) is 29.9 Å². The van der Waals surface area contributed by atoms with Gasteiger partial charge in [0.05, 0.1) is 7.11 Å². The molecule has 0 fully saturated rings. The van der Waals surface area contributed by atoms with Gasteiger partial charge in [0.25, 0.3) is 0 Å². The Morgan fingerprint density at radius 1 is 1.44 bits per heavy atom. The Balaban J connectivity index is 2.56. The highest BCUT2D eigenvalue weighted by atomic mass is 33.1. The number of methoxy groups -OCH3 is 1. The first-order valence-corrected chi connectivity index (χ1v) is 7.18. The summed E-state index contributed by atoms with van der Waals surface area (Å²) in [5.41, 5.74) is 1.08. The van der Waals surface area contributed by atoms with Crippen LogP contribution in [0.15, 0.2) is 29.2 Å². The van der Waals surface area contributed by atoms with Gasteiger partial charge in [-0.2, -0.15) is 0 Å². The molecule has 4 nitrogen and oxygen atoms in total. The molecule has 0 bridgehead atoms. The van der Waals surface area contributed by atoms with Gasteiger partial charge in [0.15, 0.2) is 5.90 Å². The molecule has 0 aliphatic rings. The lowest BCUT2D eigenvalue weighted by Crippen LogP contribution is -2.13. The normalized spacial score (nSPS) is 11.7. The van der Waals surface area contributed by atoms with Gasteiger partial charge < -0.3 is 9.47 Å². The fraction of sp³-hybridized carbons (Fsp3) is 0.333. The smallest absolute Gasteiger partial charge is 0.437 e. The molecule has 98 valence electrons. The third-order valence-corrected chi connectivity index (χ3v) is 3.53. The lowest BCUT2D eigenvalue weighted by atomic mass is 9.98. The van der Waals surface area contributed by atoms with Crippen molar-refractivity contribution in [1.82, 2.24) is 0 Å². The van der Waals surface area contributed by atoms with Crippen LogP contribution in [0.4, 0.5) is 4.79 Å². The van der Waals surface area contributed by atoms with Crippen LogP contribution in [0.1, 0.15) is 24.8 Å². The monoisotopic (exact) mass is 285 g/mol. The molecule has 1 rings (SSSR count). The maximum absolute atomic E-state index is 10.8. The number of thiol groups is 1. The molecule has 0 saturated heterocycles. The number of carbonyl (C=O) groups excluding carboxylic acids is 1. The Morgan fingerprint density at radius 3 is 2.56 bits per heavy atom. The van der Waals surface area contributed by atoms with Gasteiger partial charge >= 0.3 is 6.16 Å². The van der Waals surface area contributed by atoms with Crippen molar-refractivity contribution < 1.29 is 14.3 Å². The van der Waals surface area contributed by atoms with E-state index in [4.69, 9.17) is 5.41 Å². The zero-order valence-corrected chi connectivity index (χ0v) is 11.9. The van der Waals surface area contributed by atoms with E-state index in [0.717, 1.165) is 10.5 Å². The lowest BCUT2D eigenvalue weighted by Gasteiger charge is -2.12. The van der Waals surface area contributed by atoms with Crippen molar-refractivity contribution in [3.05, 3.63) is 29.8 Å². The highest BCUT2D eigenvalue weighted by Gasteiger charge is 2.13. The summed E-state index contributed by atoms with van der Waals surface area (Å²) in [6, 6.07) is 7.89. The molecule has 1 unspecified atom stereocenters. The summed E-state index contributed by atoms with van der Waals surface area (Å²) < 4.78 is 8.97. The third kappa shape index (κ3) is 4.62. The van der Waals surface area contributed by atoms with E-state index in [0.29, 0.717) is 6.42 Å². The number of hydrogen-bond acceptors (Lipinski definition) is 6. The number of carbonyl (C=O) groups is 1. The zero-order chi connectivity index (χ0) is 13.5. The second kappa shape index (κ2) is 7.33. The van der Waals surface area contributed by atoms with E-state index in [9.17, 15) is 4.79 Å². The molecular formula is C12H15NO3S2. The Kier molecular flexibility index (Phi) is 6.07. The molecule has 1 N–H and O–H groups in total. The Morgan fingerprint density at radius 2 is 2.06 bits per heavy atom. The van der Waals surface area contributed by atoms with Crippen molar-refractivity contribution in [3.63, 3.8) is 0 Å². The maximum Gasteiger partial charge on any atom is 0.514 e. The van der Waals surface area contributed by atoms with Gasteiger partial charge in [0.2, 0.25) is 0 Å². The summed E-state index contributed by atoms with van der Waals surface area (Å²) in [6.07, 6.45) is -0.503. The number of rotatable bonds is 4. The minimum atomic E-state index is -0.853. The topological polar surface area (TPSA) is 59.4 Å². The van der Waals surface area contributed by atoms with Crippen LogP contribution in [-0.4, -0.2) is 19.2 Å². The second-order valence-corrected chi connectivity index (χ2v) is 4.95. The van der Waals surface area contributed by atoms with E-state index in [-0.39, 0.29) is 11.8 Å². The molecule has 18 heavy (non-hydrogen) atoms. The molecule has 0 radical (unpaired) electrons. The summed E-state index contributed by atoms with van der Waals surface area (Å²) in [7, 11) is 2.60. The largest absolute Gasteiger partial charge is 0.514 e. The van der Waals surface area contributed by atoms with Crippen molar-refractivity contribution in [2.24, 2.45) is 0 Å². The van der Waals surface area contributed by atoms with Crippen molar-refractivity contribution >= 4 is 34.5 Å². The summed E-state index contributed by atoms with van der Waals surface area (Å²) in [6.45, 7) is 1.97. The summed E-state index contributed by atoms with van der Waals surface area (Å²) in [5, 5.41) is 7.54. The Bertz CT molecular complexity index is 420. The van der Waals surface area contributed by atoms with Crippen molar-refractivity contribution in [3.8, 4) is 0 Å². The summed E-state index contributed by atoms with van der Waals surface area (Å²) in [4.78, 5) is 11.9. The number of benzene rings is 1. The predicted molar refractivity (Wildman–Crippen MR) is 75.5 cm³/mol. The maximum atomic E-state index is 10.8. The highest BCUT2D eigenvalue weighted by Crippen LogP contribution is 2.25. The Labute approximate surface area is 115 Å². The van der Waals surface area contributed by atoms with Crippen molar-refractivity contribution in [2.45, 2.75) is 24.2 Å². The van der Waals surface area contributed by atoms with Crippen LogP contribution in [-0.2, 0) is 9.47 Å². The van der Waals surface area contributed by atoms with E-state index < -0.39 is 6.16 Å². The van der Waals surface area contributed by atoms with Crippen LogP contribution in [0.25, 0.3) is 0 Å². The highest BCUT2D eigenvalue weighted by molar-refractivity contribution is 8.68. The molecule has 1 aromatic carbocycles. The summed E-state index contributed by atoms with van der Waals surface area (Å²) in [5.74, 6) is 0.00289. The van der Waals surface area contributed by atoms with Crippen molar-refractivity contribution in [1.29, 1.82) is 5.41 Å². The van der Waals surface area contributed by atoms with Crippen LogP contribution in [0.2, 0.25) is 0 Å².